The Bertz CT molecular complexity index is 1760. The molecule has 59 heavy (non-hydrogen) atoms. The van der Waals surface area contributed by atoms with Crippen molar-refractivity contribution in [3.05, 3.63) is 47.5 Å². The molecule has 4 saturated heterocycles. The summed E-state index contributed by atoms with van der Waals surface area (Å²) in [5, 5.41) is 0. The lowest BCUT2D eigenvalue weighted by molar-refractivity contribution is -0.961. The first-order valence-corrected chi connectivity index (χ1v) is 21.1. The number of nitrogens with zero attached hydrogens (tertiary/aromatic N) is 2. The maximum atomic E-state index is 12.9. The topological polar surface area (TPSA) is 158 Å². The highest BCUT2D eigenvalue weighted by molar-refractivity contribution is 5.75. The summed E-state index contributed by atoms with van der Waals surface area (Å²) in [5.74, 6) is -1.49. The second kappa shape index (κ2) is 18.6. The van der Waals surface area contributed by atoms with Gasteiger partial charge in [0.25, 0.3) is 0 Å². The minimum atomic E-state index is -0.493. The Morgan fingerprint density at radius 3 is 1.14 bits per heavy atom. The predicted octanol–water partition coefficient (Wildman–Crippen LogP) is 6.40. The summed E-state index contributed by atoms with van der Waals surface area (Å²) in [4.78, 5) is 72.4. The summed E-state index contributed by atoms with van der Waals surface area (Å²) in [7, 11) is 4.49. The van der Waals surface area contributed by atoms with Gasteiger partial charge in [0.1, 0.15) is 25.3 Å². The van der Waals surface area contributed by atoms with Crippen LogP contribution in [0.4, 0.5) is 0 Å². The van der Waals surface area contributed by atoms with E-state index in [0.29, 0.717) is 62.9 Å². The molecule has 4 fully saturated rings. The van der Waals surface area contributed by atoms with Crippen molar-refractivity contribution < 1.29 is 66.2 Å². The molecule has 2 aromatic carbocycles. The number of benzene rings is 2. The number of quaternary nitrogens is 2. The molecule has 0 aliphatic carbocycles. The smallest absolute Gasteiger partial charge is 0.308 e. The molecule has 0 N–H and O–H groups in total. The van der Waals surface area contributed by atoms with Gasteiger partial charge in [-0.25, -0.2) is 0 Å². The highest BCUT2D eigenvalue weighted by Crippen LogP contribution is 2.46. The Balaban J connectivity index is 0.900. The average molecular weight is 821 g/mol. The van der Waals surface area contributed by atoms with Crippen LogP contribution in [0.1, 0.15) is 122 Å². The first-order valence-electron chi connectivity index (χ1n) is 21.1. The van der Waals surface area contributed by atoms with Gasteiger partial charge < -0.3 is 37.4 Å². The normalized spacial score (nSPS) is 28.0. The van der Waals surface area contributed by atoms with Gasteiger partial charge in [-0.15, -0.1) is 0 Å². The summed E-state index contributed by atoms with van der Waals surface area (Å²) in [6.45, 7) is 6.65. The van der Waals surface area contributed by atoms with Gasteiger partial charge in [0.05, 0.1) is 38.3 Å². The molecule has 2 aromatic rings. The van der Waals surface area contributed by atoms with Gasteiger partial charge in [0, 0.05) is 103 Å². The van der Waals surface area contributed by atoms with E-state index in [0.717, 1.165) is 77.9 Å². The molecule has 4 unspecified atom stereocenters. The maximum Gasteiger partial charge on any atom is 0.308 e. The lowest BCUT2D eigenvalue weighted by Gasteiger charge is -2.47. The molecule has 4 aliphatic heterocycles. The summed E-state index contributed by atoms with van der Waals surface area (Å²) in [6.07, 6.45) is 9.75. The fourth-order valence-electron chi connectivity index (χ4n) is 10.3. The van der Waals surface area contributed by atoms with E-state index in [-0.39, 0.29) is 47.1 Å². The third-order valence-electron chi connectivity index (χ3n) is 13.1. The number of hydrogen-bond donors (Lipinski definition) is 0. The zero-order valence-corrected chi connectivity index (χ0v) is 35.3. The van der Waals surface area contributed by atoms with Crippen molar-refractivity contribution in [1.29, 1.82) is 0 Å². The van der Waals surface area contributed by atoms with Crippen LogP contribution in [0.2, 0.25) is 0 Å². The molecule has 4 bridgehead atoms. The number of hydrogen-bond acceptors (Lipinski definition) is 12. The number of ether oxygens (including phenoxy) is 6. The molecule has 0 aromatic heterocycles. The van der Waals surface area contributed by atoms with Crippen molar-refractivity contribution >= 4 is 35.8 Å². The zero-order valence-electron chi connectivity index (χ0n) is 35.3. The van der Waals surface area contributed by atoms with Crippen molar-refractivity contribution in [2.45, 2.75) is 161 Å². The van der Waals surface area contributed by atoms with Crippen LogP contribution in [0, 0.1) is 0 Å². The summed E-state index contributed by atoms with van der Waals surface area (Å²) in [5.41, 5.74) is 1.94. The van der Waals surface area contributed by atoms with Gasteiger partial charge in [-0.2, -0.15) is 0 Å². The van der Waals surface area contributed by atoms with Crippen LogP contribution in [0.3, 0.4) is 0 Å². The predicted molar refractivity (Wildman–Crippen MR) is 213 cm³/mol. The molecule has 6 rings (SSSR count). The van der Waals surface area contributed by atoms with Gasteiger partial charge in [-0.3, -0.25) is 28.8 Å². The van der Waals surface area contributed by atoms with Crippen LogP contribution in [-0.2, 0) is 51.3 Å². The first-order chi connectivity index (χ1) is 28.0. The molecule has 0 spiro atoms. The number of carbonyl (C=O) groups excluding carboxylic acids is 6. The molecular weight excluding hydrogens is 760 g/mol. The SMILES string of the molecule is CC(=O)Oc1ccc(C[N+]2(C)C3CCC2CC(OC(=O)CCCCCC(=O)OC2CC4CCC(C2)[N+]4(C)Cc2ccc(OC(C)=O)c(OC(C)=O)c2)C3)cc1OC(C)=O. The van der Waals surface area contributed by atoms with E-state index in [1.54, 1.807) is 24.3 Å². The highest BCUT2D eigenvalue weighted by Gasteiger charge is 2.53. The number of carbonyl (C=O) groups is 6. The molecule has 4 heterocycles. The summed E-state index contributed by atoms with van der Waals surface area (Å²) >= 11 is 0. The fourth-order valence-corrected chi connectivity index (χ4v) is 10.3. The van der Waals surface area contributed by atoms with E-state index in [4.69, 9.17) is 28.4 Å². The number of piperidine rings is 2. The summed E-state index contributed by atoms with van der Waals surface area (Å²) < 4.78 is 34.8. The highest BCUT2D eigenvalue weighted by atomic mass is 16.6. The van der Waals surface area contributed by atoms with E-state index >= 15 is 0 Å². The molecule has 0 amide bonds. The van der Waals surface area contributed by atoms with Gasteiger partial charge in [0.2, 0.25) is 0 Å². The van der Waals surface area contributed by atoms with Crippen molar-refractivity contribution in [3.63, 3.8) is 0 Å². The Labute approximate surface area is 346 Å². The lowest BCUT2D eigenvalue weighted by atomic mass is 9.95. The van der Waals surface area contributed by atoms with Crippen molar-refractivity contribution in [1.82, 2.24) is 0 Å². The third-order valence-corrected chi connectivity index (χ3v) is 13.1. The van der Waals surface area contributed by atoms with E-state index < -0.39 is 23.9 Å². The standard InChI is InChI=1S/C45H60N2O12/c1-28(48)54-40-18-12-32(20-42(40)56-30(3)50)26-46(5)34-14-15-35(46)23-38(22-34)58-44(52)10-8-7-9-11-45(53)59-39-24-36-16-17-37(25-39)47(36,6)27-33-13-19-41(55-29(2)49)43(21-33)57-31(4)51/h12-13,18-21,34-39H,7-11,14-17,22-27H2,1-6H3/q+2. The monoisotopic (exact) mass is 820 g/mol. The molecule has 0 radical (unpaired) electrons. The Hall–Kier alpha value is -4.82. The van der Waals surface area contributed by atoms with E-state index in [1.165, 1.54) is 27.7 Å². The van der Waals surface area contributed by atoms with Crippen molar-refractivity contribution in [2.75, 3.05) is 14.1 Å². The van der Waals surface area contributed by atoms with Crippen LogP contribution < -0.4 is 18.9 Å². The first kappa shape index (κ1) is 43.8. The number of esters is 6. The van der Waals surface area contributed by atoms with Gasteiger partial charge in [0.15, 0.2) is 23.0 Å². The minimum absolute atomic E-state index is 0.124. The van der Waals surface area contributed by atoms with E-state index in [9.17, 15) is 28.8 Å². The van der Waals surface area contributed by atoms with Crippen LogP contribution in [-0.4, -0.2) is 95.3 Å². The quantitative estimate of drug-likeness (QED) is 0.0795. The molecule has 14 heteroatoms. The third kappa shape index (κ3) is 10.9. The van der Waals surface area contributed by atoms with Gasteiger partial charge in [-0.1, -0.05) is 6.42 Å². The Morgan fingerprint density at radius 1 is 0.492 bits per heavy atom. The second-order valence-electron chi connectivity index (χ2n) is 17.4. The van der Waals surface area contributed by atoms with E-state index in [2.05, 4.69) is 14.1 Å². The number of fused-ring (bicyclic) bond motifs is 4. The Kier molecular flexibility index (Phi) is 13.8. The van der Waals surface area contributed by atoms with Crippen molar-refractivity contribution in [3.8, 4) is 23.0 Å². The molecule has 14 nitrogen and oxygen atoms in total. The van der Waals surface area contributed by atoms with E-state index in [1.807, 2.05) is 12.1 Å². The lowest BCUT2D eigenvalue weighted by Crippen LogP contribution is -2.58. The second-order valence-corrected chi connectivity index (χ2v) is 17.4. The van der Waals surface area contributed by atoms with Gasteiger partial charge >= 0.3 is 35.8 Å². The minimum Gasteiger partial charge on any atom is -0.462 e. The molecule has 320 valence electrons. The van der Waals surface area contributed by atoms with Crippen LogP contribution in [0.15, 0.2) is 36.4 Å². The molecule has 4 aliphatic rings. The number of rotatable bonds is 16. The van der Waals surface area contributed by atoms with Crippen LogP contribution in [0.5, 0.6) is 23.0 Å². The maximum absolute atomic E-state index is 12.9. The number of unbranched alkanes of at least 4 members (excludes halogenated alkanes) is 2. The van der Waals surface area contributed by atoms with Crippen molar-refractivity contribution in [2.24, 2.45) is 0 Å². The van der Waals surface area contributed by atoms with Crippen LogP contribution >= 0.6 is 0 Å². The van der Waals surface area contributed by atoms with Crippen LogP contribution in [0.25, 0.3) is 0 Å². The zero-order chi connectivity index (χ0) is 42.5. The molecule has 0 saturated carbocycles. The van der Waals surface area contributed by atoms with Gasteiger partial charge in [-0.05, 0) is 49.2 Å². The summed E-state index contributed by atoms with van der Waals surface area (Å²) in [6, 6.07) is 12.0. The molecular formula is C45H60N2O12+2. The Morgan fingerprint density at radius 2 is 0.814 bits per heavy atom. The average Bonchev–Trinajstić information content (AvgIpc) is 3.37. The largest absolute Gasteiger partial charge is 0.462 e. The fraction of sp³-hybridized carbons (Fsp3) is 0.600. The molecule has 4 atom stereocenters.